The highest BCUT2D eigenvalue weighted by Crippen LogP contribution is 2.39. The first kappa shape index (κ1) is 38.5. The fourth-order valence-electron chi connectivity index (χ4n) is 4.33. The van der Waals surface area contributed by atoms with Crippen molar-refractivity contribution in [3.05, 3.63) is 47.0 Å². The zero-order valence-electron chi connectivity index (χ0n) is 28.2. The molecule has 2 rings (SSSR count). The summed E-state index contributed by atoms with van der Waals surface area (Å²) < 4.78 is 33.4. The third-order valence-corrected chi connectivity index (χ3v) is 7.62. The van der Waals surface area contributed by atoms with Crippen LogP contribution in [0, 0.1) is 0 Å². The Morgan fingerprint density at radius 1 is 0.889 bits per heavy atom. The Morgan fingerprint density at radius 2 is 1.60 bits per heavy atom. The Hall–Kier alpha value is -2.66. The number of esters is 1. The first-order valence-electron chi connectivity index (χ1n) is 15.3. The SMILES string of the molecule is CCC[C@](CCc1ccc(Sc2cc(OCC)ccc2OCOCCOC)cc1Cl)(NC(=O)OC(C)(C)C)C(=O)OC(C)(C)C. The molecule has 45 heavy (non-hydrogen) atoms. The van der Waals surface area contributed by atoms with Crippen LogP contribution in [-0.2, 0) is 30.2 Å². The third kappa shape index (κ3) is 13.7. The number of ether oxygens (including phenoxy) is 6. The van der Waals surface area contributed by atoms with Crippen molar-refractivity contribution < 1.29 is 38.0 Å². The number of hydrogen-bond donors (Lipinski definition) is 1. The summed E-state index contributed by atoms with van der Waals surface area (Å²) in [7, 11) is 1.62. The predicted molar refractivity (Wildman–Crippen MR) is 178 cm³/mol. The summed E-state index contributed by atoms with van der Waals surface area (Å²) in [5.41, 5.74) is -1.92. The van der Waals surface area contributed by atoms with Gasteiger partial charge >= 0.3 is 12.1 Å². The number of rotatable bonds is 17. The minimum absolute atomic E-state index is 0.0824. The first-order chi connectivity index (χ1) is 21.1. The quantitative estimate of drug-likeness (QED) is 0.102. The van der Waals surface area contributed by atoms with Crippen LogP contribution in [0.5, 0.6) is 11.5 Å². The Kier molecular flexibility index (Phi) is 15.3. The van der Waals surface area contributed by atoms with Gasteiger partial charge in [-0.3, -0.25) is 0 Å². The van der Waals surface area contributed by atoms with Crippen molar-refractivity contribution in [2.75, 3.05) is 33.7 Å². The largest absolute Gasteiger partial charge is 0.494 e. The second-order valence-electron chi connectivity index (χ2n) is 12.5. The maximum absolute atomic E-state index is 13.6. The molecule has 0 fully saturated rings. The minimum Gasteiger partial charge on any atom is -0.494 e. The van der Waals surface area contributed by atoms with Crippen LogP contribution >= 0.6 is 23.4 Å². The monoisotopic (exact) mass is 667 g/mol. The molecule has 9 nitrogen and oxygen atoms in total. The zero-order chi connectivity index (χ0) is 33.7. The van der Waals surface area contributed by atoms with Crippen molar-refractivity contribution in [3.63, 3.8) is 0 Å². The van der Waals surface area contributed by atoms with E-state index in [-0.39, 0.29) is 13.2 Å². The van der Waals surface area contributed by atoms with E-state index in [2.05, 4.69) is 5.32 Å². The molecule has 1 N–H and O–H groups in total. The highest BCUT2D eigenvalue weighted by molar-refractivity contribution is 7.99. The summed E-state index contributed by atoms with van der Waals surface area (Å²) in [6.07, 6.45) is 1.04. The van der Waals surface area contributed by atoms with Gasteiger partial charge < -0.3 is 33.7 Å². The molecule has 2 aromatic carbocycles. The summed E-state index contributed by atoms with van der Waals surface area (Å²) in [5.74, 6) is 0.872. The molecule has 0 aliphatic carbocycles. The summed E-state index contributed by atoms with van der Waals surface area (Å²) >= 11 is 8.29. The van der Waals surface area contributed by atoms with E-state index in [1.165, 1.54) is 11.8 Å². The van der Waals surface area contributed by atoms with Gasteiger partial charge in [-0.1, -0.05) is 42.8 Å². The van der Waals surface area contributed by atoms with E-state index >= 15 is 0 Å². The lowest BCUT2D eigenvalue weighted by atomic mass is 9.86. The van der Waals surface area contributed by atoms with E-state index in [1.807, 2.05) is 50.2 Å². The number of nitrogens with one attached hydrogen (secondary N) is 1. The zero-order valence-corrected chi connectivity index (χ0v) is 29.7. The molecule has 1 amide bonds. The average Bonchev–Trinajstić information content (AvgIpc) is 2.91. The van der Waals surface area contributed by atoms with E-state index in [0.29, 0.717) is 49.9 Å². The van der Waals surface area contributed by atoms with Crippen molar-refractivity contribution in [1.29, 1.82) is 0 Å². The second kappa shape index (κ2) is 17.9. The number of carbonyl (C=O) groups is 2. The van der Waals surface area contributed by atoms with E-state index in [0.717, 1.165) is 21.1 Å². The molecular weight excluding hydrogens is 618 g/mol. The van der Waals surface area contributed by atoms with Gasteiger partial charge in [0.2, 0.25) is 0 Å². The highest BCUT2D eigenvalue weighted by Gasteiger charge is 2.43. The Balaban J connectivity index is 2.30. The number of benzene rings is 2. The number of alkyl carbamates (subject to hydrolysis) is 1. The van der Waals surface area contributed by atoms with Crippen molar-refractivity contribution in [3.8, 4) is 11.5 Å². The summed E-state index contributed by atoms with van der Waals surface area (Å²) in [4.78, 5) is 28.3. The minimum atomic E-state index is -1.29. The Bertz CT molecular complexity index is 1240. The number of halogens is 1. The van der Waals surface area contributed by atoms with Gasteiger partial charge in [-0.15, -0.1) is 0 Å². The smallest absolute Gasteiger partial charge is 0.408 e. The second-order valence-corrected chi connectivity index (χ2v) is 14.0. The van der Waals surface area contributed by atoms with Crippen LogP contribution < -0.4 is 14.8 Å². The van der Waals surface area contributed by atoms with E-state index in [1.54, 1.807) is 48.7 Å². The fourth-order valence-corrected chi connectivity index (χ4v) is 5.64. The summed E-state index contributed by atoms with van der Waals surface area (Å²) in [6, 6.07) is 11.4. The number of aryl methyl sites for hydroxylation is 1. The van der Waals surface area contributed by atoms with Crippen LogP contribution in [0.3, 0.4) is 0 Å². The topological polar surface area (TPSA) is 102 Å². The van der Waals surface area contributed by atoms with E-state index < -0.39 is 28.8 Å². The molecule has 0 saturated heterocycles. The highest BCUT2D eigenvalue weighted by atomic mass is 35.5. The number of amides is 1. The average molecular weight is 668 g/mol. The Morgan fingerprint density at radius 3 is 2.20 bits per heavy atom. The van der Waals surface area contributed by atoms with Crippen molar-refractivity contribution >= 4 is 35.4 Å². The first-order valence-corrected chi connectivity index (χ1v) is 16.5. The lowest BCUT2D eigenvalue weighted by Crippen LogP contribution is -2.57. The van der Waals surface area contributed by atoms with Gasteiger partial charge in [-0.05, 0) is 104 Å². The summed E-state index contributed by atoms with van der Waals surface area (Å²) in [6.45, 7) is 16.2. The van der Waals surface area contributed by atoms with Gasteiger partial charge in [0, 0.05) is 17.0 Å². The van der Waals surface area contributed by atoms with Crippen LogP contribution in [-0.4, -0.2) is 62.5 Å². The summed E-state index contributed by atoms with van der Waals surface area (Å²) in [5, 5.41) is 3.41. The van der Waals surface area contributed by atoms with Crippen molar-refractivity contribution in [2.24, 2.45) is 0 Å². The molecule has 0 aliphatic rings. The van der Waals surface area contributed by atoms with Crippen LogP contribution in [0.15, 0.2) is 46.2 Å². The molecule has 0 unspecified atom stereocenters. The molecular formula is C34H50ClNO8S. The molecule has 0 saturated carbocycles. The molecule has 0 radical (unpaired) electrons. The van der Waals surface area contributed by atoms with Gasteiger partial charge in [0.25, 0.3) is 0 Å². The normalized spacial score (nSPS) is 13.1. The molecule has 0 spiro atoms. The maximum Gasteiger partial charge on any atom is 0.408 e. The predicted octanol–water partition coefficient (Wildman–Crippen LogP) is 8.23. The maximum atomic E-state index is 13.6. The molecule has 0 bridgehead atoms. The number of carbonyl (C=O) groups excluding carboxylic acids is 2. The molecule has 0 heterocycles. The van der Waals surface area contributed by atoms with Crippen LogP contribution in [0.1, 0.15) is 80.2 Å². The molecule has 2 aromatic rings. The molecule has 1 atom stereocenters. The lowest BCUT2D eigenvalue weighted by molar-refractivity contribution is -0.164. The van der Waals surface area contributed by atoms with Gasteiger partial charge in [0.15, 0.2) is 6.79 Å². The Labute approximate surface area is 277 Å². The van der Waals surface area contributed by atoms with Gasteiger partial charge in [-0.2, -0.15) is 0 Å². The third-order valence-electron chi connectivity index (χ3n) is 6.24. The molecule has 0 aromatic heterocycles. The van der Waals surface area contributed by atoms with Gasteiger partial charge in [0.05, 0.1) is 24.7 Å². The number of hydrogen-bond acceptors (Lipinski definition) is 9. The van der Waals surface area contributed by atoms with Gasteiger partial charge in [0.1, 0.15) is 28.2 Å². The molecule has 0 aliphatic heterocycles. The van der Waals surface area contributed by atoms with Crippen LogP contribution in [0.4, 0.5) is 4.79 Å². The molecule has 252 valence electrons. The van der Waals surface area contributed by atoms with Crippen LogP contribution in [0.2, 0.25) is 5.02 Å². The standard InChI is InChI=1S/C34H50ClNO8S/c1-10-17-34(30(37)43-32(3,4)5,36-31(38)44-33(6,7)8)18-16-24-12-14-26(22-27(24)35)45-29-21-25(41-11-2)13-15-28(29)42-23-40-20-19-39-9/h12-15,21-22H,10-11,16-20,23H2,1-9H3,(H,36,38)/t34-/m1/s1. The van der Waals surface area contributed by atoms with E-state index in [4.69, 9.17) is 40.0 Å². The number of methoxy groups -OCH3 is 1. The fraction of sp³-hybridized carbons (Fsp3) is 0.588. The van der Waals surface area contributed by atoms with Crippen molar-refractivity contribution in [1.82, 2.24) is 5.32 Å². The van der Waals surface area contributed by atoms with Crippen LogP contribution in [0.25, 0.3) is 0 Å². The lowest BCUT2D eigenvalue weighted by Gasteiger charge is -2.36. The van der Waals surface area contributed by atoms with Gasteiger partial charge in [-0.25, -0.2) is 9.59 Å². The molecule has 11 heteroatoms. The van der Waals surface area contributed by atoms with Crippen molar-refractivity contribution in [2.45, 2.75) is 108 Å². The van der Waals surface area contributed by atoms with E-state index in [9.17, 15) is 9.59 Å².